The number of benzene rings is 1. The van der Waals surface area contributed by atoms with E-state index in [-0.39, 0.29) is 16.8 Å². The molecule has 1 aromatic rings. The molecule has 0 aliphatic carbocycles. The topological polar surface area (TPSA) is 75.7 Å². The predicted octanol–water partition coefficient (Wildman–Crippen LogP) is 1.68. The van der Waals surface area contributed by atoms with Crippen molar-refractivity contribution in [1.29, 1.82) is 0 Å². The van der Waals surface area contributed by atoms with Gasteiger partial charge in [-0.05, 0) is 45.2 Å². The highest BCUT2D eigenvalue weighted by atomic mass is 32.2. The van der Waals surface area contributed by atoms with Gasteiger partial charge >= 0.3 is 0 Å². The van der Waals surface area contributed by atoms with Crippen molar-refractivity contribution in [2.45, 2.75) is 50.6 Å². The van der Waals surface area contributed by atoms with Crippen molar-refractivity contribution in [3.05, 3.63) is 23.8 Å². The number of sulfonamides is 1. The molecule has 0 bridgehead atoms. The van der Waals surface area contributed by atoms with Gasteiger partial charge in [0, 0.05) is 18.7 Å². The maximum Gasteiger partial charge on any atom is 0.244 e. The van der Waals surface area contributed by atoms with Crippen LogP contribution in [-0.4, -0.2) is 44.4 Å². The van der Waals surface area contributed by atoms with Crippen molar-refractivity contribution < 1.29 is 17.9 Å². The molecule has 1 atom stereocenters. The van der Waals surface area contributed by atoms with Crippen LogP contribution in [0, 0.1) is 6.92 Å². The Kier molecular flexibility index (Phi) is 5.31. The molecule has 0 spiro atoms. The summed E-state index contributed by atoms with van der Waals surface area (Å²) in [6.45, 7) is 5.82. The van der Waals surface area contributed by atoms with Crippen LogP contribution in [0.2, 0.25) is 0 Å². The number of rotatable bonds is 5. The molecule has 23 heavy (non-hydrogen) atoms. The Morgan fingerprint density at radius 1 is 1.39 bits per heavy atom. The van der Waals surface area contributed by atoms with E-state index in [1.165, 1.54) is 17.5 Å². The Morgan fingerprint density at radius 3 is 2.70 bits per heavy atom. The molecule has 1 N–H and O–H groups in total. The molecule has 7 heteroatoms. The predicted molar refractivity (Wildman–Crippen MR) is 87.9 cm³/mol. The molecule has 0 saturated carbocycles. The van der Waals surface area contributed by atoms with Crippen molar-refractivity contribution in [2.24, 2.45) is 0 Å². The molecule has 1 aliphatic heterocycles. The van der Waals surface area contributed by atoms with Crippen LogP contribution in [0.1, 0.15) is 32.3 Å². The number of carbonyl (C=O) groups is 1. The lowest BCUT2D eigenvalue weighted by Crippen LogP contribution is -2.47. The monoisotopic (exact) mass is 340 g/mol. The fourth-order valence-electron chi connectivity index (χ4n) is 2.78. The normalized spacial score (nSPS) is 19.1. The van der Waals surface area contributed by atoms with Crippen LogP contribution in [-0.2, 0) is 14.8 Å². The van der Waals surface area contributed by atoms with Crippen molar-refractivity contribution in [2.75, 3.05) is 13.7 Å². The highest BCUT2D eigenvalue weighted by molar-refractivity contribution is 7.89. The largest absolute Gasteiger partial charge is 0.497 e. The van der Waals surface area contributed by atoms with Gasteiger partial charge in [0.1, 0.15) is 11.8 Å². The third kappa shape index (κ3) is 3.67. The van der Waals surface area contributed by atoms with E-state index < -0.39 is 16.1 Å². The first-order valence-electron chi connectivity index (χ1n) is 7.74. The van der Waals surface area contributed by atoms with E-state index in [0.29, 0.717) is 30.7 Å². The highest BCUT2D eigenvalue weighted by Crippen LogP contribution is 2.30. The van der Waals surface area contributed by atoms with E-state index >= 15 is 0 Å². The first-order chi connectivity index (χ1) is 10.8. The summed E-state index contributed by atoms with van der Waals surface area (Å²) in [5.41, 5.74) is 0.640. The number of nitrogens with one attached hydrogen (secondary N) is 1. The fraction of sp³-hybridized carbons (Fsp3) is 0.562. The number of carbonyl (C=O) groups excluding carboxylic acids is 1. The number of hydrogen-bond acceptors (Lipinski definition) is 4. The molecule has 128 valence electrons. The molecule has 1 amide bonds. The Bertz CT molecular complexity index is 685. The smallest absolute Gasteiger partial charge is 0.244 e. The first-order valence-corrected chi connectivity index (χ1v) is 9.18. The lowest BCUT2D eigenvalue weighted by atomic mass is 10.2. The summed E-state index contributed by atoms with van der Waals surface area (Å²) < 4.78 is 32.5. The van der Waals surface area contributed by atoms with Crippen molar-refractivity contribution in [1.82, 2.24) is 9.62 Å². The van der Waals surface area contributed by atoms with Crippen LogP contribution in [0.25, 0.3) is 0 Å². The summed E-state index contributed by atoms with van der Waals surface area (Å²) in [5.74, 6) is 0.248. The highest BCUT2D eigenvalue weighted by Gasteiger charge is 2.40. The zero-order chi connectivity index (χ0) is 17.2. The number of methoxy groups -OCH3 is 1. The van der Waals surface area contributed by atoms with Gasteiger partial charge < -0.3 is 10.1 Å². The third-order valence-electron chi connectivity index (χ3n) is 3.92. The average Bonchev–Trinajstić information content (AvgIpc) is 2.97. The first kappa shape index (κ1) is 17.7. The van der Waals surface area contributed by atoms with E-state index in [4.69, 9.17) is 4.74 Å². The second-order valence-electron chi connectivity index (χ2n) is 6.07. The second kappa shape index (κ2) is 6.88. The molecule has 0 aromatic heterocycles. The Morgan fingerprint density at radius 2 is 2.09 bits per heavy atom. The number of nitrogens with zero attached hydrogens (tertiary/aromatic N) is 1. The fourth-order valence-corrected chi connectivity index (χ4v) is 4.68. The minimum absolute atomic E-state index is 0.0220. The standard InChI is InChI=1S/C16H24N2O4S/c1-11(2)17-16(19)14-6-5-9-18(14)23(20,21)15-10-13(22-4)8-7-12(15)3/h7-8,10-11,14H,5-6,9H2,1-4H3,(H,17,19). The molecular formula is C16H24N2O4S. The quantitative estimate of drug-likeness (QED) is 0.885. The molecule has 1 aromatic carbocycles. The molecule has 1 fully saturated rings. The van der Waals surface area contributed by atoms with Crippen LogP contribution in [0.3, 0.4) is 0 Å². The number of ether oxygens (including phenoxy) is 1. The Hall–Kier alpha value is -1.60. The molecule has 1 saturated heterocycles. The van der Waals surface area contributed by atoms with E-state index in [2.05, 4.69) is 5.32 Å². The van der Waals surface area contributed by atoms with Crippen LogP contribution < -0.4 is 10.1 Å². The van der Waals surface area contributed by atoms with Crippen molar-refractivity contribution in [3.63, 3.8) is 0 Å². The summed E-state index contributed by atoms with van der Waals surface area (Å²) in [4.78, 5) is 12.5. The van der Waals surface area contributed by atoms with Gasteiger partial charge in [-0.3, -0.25) is 4.79 Å². The van der Waals surface area contributed by atoms with Gasteiger partial charge in [0.2, 0.25) is 15.9 Å². The van der Waals surface area contributed by atoms with Gasteiger partial charge in [-0.2, -0.15) is 4.31 Å². The zero-order valence-electron chi connectivity index (χ0n) is 14.0. The third-order valence-corrected chi connectivity index (χ3v) is 5.97. The van der Waals surface area contributed by atoms with E-state index in [1.807, 2.05) is 13.8 Å². The van der Waals surface area contributed by atoms with Gasteiger partial charge in [-0.25, -0.2) is 8.42 Å². The second-order valence-corrected chi connectivity index (χ2v) is 7.93. The molecule has 1 unspecified atom stereocenters. The SMILES string of the molecule is COc1ccc(C)c(S(=O)(=O)N2CCCC2C(=O)NC(C)C)c1. The van der Waals surface area contributed by atoms with Gasteiger partial charge in [0.25, 0.3) is 0 Å². The molecular weight excluding hydrogens is 316 g/mol. The van der Waals surface area contributed by atoms with Gasteiger partial charge in [0.05, 0.1) is 12.0 Å². The maximum atomic E-state index is 13.0. The summed E-state index contributed by atoms with van der Waals surface area (Å²) in [6.07, 6.45) is 1.22. The maximum absolute atomic E-state index is 13.0. The lowest BCUT2D eigenvalue weighted by Gasteiger charge is -2.25. The Labute approximate surface area is 137 Å². The lowest BCUT2D eigenvalue weighted by molar-refractivity contribution is -0.124. The van der Waals surface area contributed by atoms with E-state index in [1.54, 1.807) is 19.1 Å². The zero-order valence-corrected chi connectivity index (χ0v) is 14.8. The average molecular weight is 340 g/mol. The number of amides is 1. The van der Waals surface area contributed by atoms with Gasteiger partial charge in [-0.15, -0.1) is 0 Å². The van der Waals surface area contributed by atoms with Crippen LogP contribution in [0.5, 0.6) is 5.75 Å². The summed E-state index contributed by atoms with van der Waals surface area (Å²) in [5, 5.41) is 2.81. The van der Waals surface area contributed by atoms with Gasteiger partial charge in [0.15, 0.2) is 0 Å². The molecule has 1 heterocycles. The van der Waals surface area contributed by atoms with Crippen LogP contribution >= 0.6 is 0 Å². The summed E-state index contributed by atoms with van der Waals surface area (Å²) >= 11 is 0. The Balaban J connectivity index is 2.37. The van der Waals surface area contributed by atoms with E-state index in [9.17, 15) is 13.2 Å². The summed E-state index contributed by atoms with van der Waals surface area (Å²) in [6, 6.07) is 4.28. The van der Waals surface area contributed by atoms with Crippen LogP contribution in [0.4, 0.5) is 0 Å². The van der Waals surface area contributed by atoms with Gasteiger partial charge in [-0.1, -0.05) is 6.07 Å². The summed E-state index contributed by atoms with van der Waals surface area (Å²) in [7, 11) is -2.24. The molecule has 6 nitrogen and oxygen atoms in total. The minimum atomic E-state index is -3.74. The number of aryl methyl sites for hydroxylation is 1. The van der Waals surface area contributed by atoms with Crippen molar-refractivity contribution in [3.8, 4) is 5.75 Å². The molecule has 0 radical (unpaired) electrons. The van der Waals surface area contributed by atoms with Crippen LogP contribution in [0.15, 0.2) is 23.1 Å². The van der Waals surface area contributed by atoms with E-state index in [0.717, 1.165) is 0 Å². The number of hydrogen-bond donors (Lipinski definition) is 1. The molecule has 2 rings (SSSR count). The van der Waals surface area contributed by atoms with Crippen molar-refractivity contribution >= 4 is 15.9 Å². The molecule has 1 aliphatic rings. The minimum Gasteiger partial charge on any atom is -0.497 e.